The lowest BCUT2D eigenvalue weighted by Crippen LogP contribution is -2.37. The third-order valence-corrected chi connectivity index (χ3v) is 5.43. The van der Waals surface area contributed by atoms with E-state index in [9.17, 15) is 13.2 Å². The van der Waals surface area contributed by atoms with E-state index in [1.165, 1.54) is 7.05 Å². The van der Waals surface area contributed by atoms with Crippen molar-refractivity contribution < 1.29 is 17.9 Å². The van der Waals surface area contributed by atoms with Crippen LogP contribution in [0.5, 0.6) is 5.75 Å². The molecule has 6 nitrogen and oxygen atoms in total. The quantitative estimate of drug-likeness (QED) is 0.815. The molecule has 3 rings (SSSR count). The Morgan fingerprint density at radius 2 is 1.80 bits per heavy atom. The van der Waals surface area contributed by atoms with E-state index in [2.05, 4.69) is 10.0 Å². The molecule has 1 heterocycles. The molecule has 132 valence electrons. The second-order valence-corrected chi connectivity index (χ2v) is 7.84. The molecule has 0 aromatic heterocycles. The first-order valence-corrected chi connectivity index (χ1v) is 9.63. The van der Waals surface area contributed by atoms with E-state index < -0.39 is 16.1 Å². The van der Waals surface area contributed by atoms with Gasteiger partial charge in [-0.25, -0.2) is 13.1 Å². The molecule has 0 aliphatic carbocycles. The predicted molar refractivity (Wildman–Crippen MR) is 94.5 cm³/mol. The zero-order valence-electron chi connectivity index (χ0n) is 13.9. The van der Waals surface area contributed by atoms with Crippen molar-refractivity contribution in [2.24, 2.45) is 0 Å². The summed E-state index contributed by atoms with van der Waals surface area (Å²) in [7, 11) is -1.89. The number of nitrogens with one attached hydrogen (secondary N) is 2. The van der Waals surface area contributed by atoms with Crippen LogP contribution in [-0.2, 0) is 33.5 Å². The van der Waals surface area contributed by atoms with Crippen LogP contribution in [0.2, 0.25) is 0 Å². The zero-order valence-corrected chi connectivity index (χ0v) is 14.7. The Bertz CT molecular complexity index is 838. The van der Waals surface area contributed by atoms with Gasteiger partial charge >= 0.3 is 0 Å². The first-order chi connectivity index (χ1) is 12.0. The highest BCUT2D eigenvalue weighted by Crippen LogP contribution is 2.28. The number of amides is 1. The van der Waals surface area contributed by atoms with Crippen molar-refractivity contribution in [3.05, 3.63) is 65.2 Å². The van der Waals surface area contributed by atoms with E-state index in [0.29, 0.717) is 18.5 Å². The van der Waals surface area contributed by atoms with Crippen molar-refractivity contribution in [1.82, 2.24) is 10.0 Å². The van der Waals surface area contributed by atoms with E-state index in [0.717, 1.165) is 16.9 Å². The Morgan fingerprint density at radius 3 is 2.48 bits per heavy atom. The van der Waals surface area contributed by atoms with E-state index in [1.54, 1.807) is 12.1 Å². The first kappa shape index (κ1) is 17.4. The third kappa shape index (κ3) is 4.37. The maximum Gasteiger partial charge on any atom is 0.261 e. The molecule has 1 amide bonds. The molecule has 0 spiro atoms. The largest absolute Gasteiger partial charge is 0.480 e. The molecule has 1 atom stereocenters. The van der Waals surface area contributed by atoms with Crippen LogP contribution >= 0.6 is 0 Å². The van der Waals surface area contributed by atoms with Crippen molar-refractivity contribution >= 4 is 15.9 Å². The minimum Gasteiger partial charge on any atom is -0.480 e. The van der Waals surface area contributed by atoms with Crippen molar-refractivity contribution in [2.75, 3.05) is 7.05 Å². The smallest absolute Gasteiger partial charge is 0.261 e. The van der Waals surface area contributed by atoms with Crippen molar-refractivity contribution in [3.8, 4) is 5.75 Å². The van der Waals surface area contributed by atoms with E-state index in [1.807, 2.05) is 36.4 Å². The number of benzene rings is 2. The SMILES string of the molecule is CNS(=O)(=O)Cc1ccc(CNC(=O)C2Cc3ccccc3O2)cc1. The summed E-state index contributed by atoms with van der Waals surface area (Å²) in [5, 5.41) is 2.86. The van der Waals surface area contributed by atoms with Gasteiger partial charge in [-0.2, -0.15) is 0 Å². The highest BCUT2D eigenvalue weighted by molar-refractivity contribution is 7.88. The van der Waals surface area contributed by atoms with Gasteiger partial charge in [0.15, 0.2) is 6.10 Å². The fraction of sp³-hybridized carbons (Fsp3) is 0.278. The lowest BCUT2D eigenvalue weighted by molar-refractivity contribution is -0.127. The normalized spacial score (nSPS) is 16.1. The molecule has 0 bridgehead atoms. The standard InChI is InChI=1S/C18H20N2O4S/c1-19-25(22,23)12-14-8-6-13(7-9-14)11-20-18(21)17-10-15-4-2-3-5-16(15)24-17/h2-9,17,19H,10-12H2,1H3,(H,20,21). The van der Waals surface area contributed by atoms with E-state index in [4.69, 9.17) is 4.74 Å². The van der Waals surface area contributed by atoms with Crippen LogP contribution in [0.25, 0.3) is 0 Å². The summed E-state index contributed by atoms with van der Waals surface area (Å²) in [6.07, 6.45) is 0.0699. The molecule has 2 aromatic rings. The average Bonchev–Trinajstić information content (AvgIpc) is 3.05. The highest BCUT2D eigenvalue weighted by Gasteiger charge is 2.28. The number of carbonyl (C=O) groups is 1. The Hall–Kier alpha value is -2.38. The molecular weight excluding hydrogens is 340 g/mol. The highest BCUT2D eigenvalue weighted by atomic mass is 32.2. The summed E-state index contributed by atoms with van der Waals surface area (Å²) in [4.78, 5) is 12.3. The summed E-state index contributed by atoms with van der Waals surface area (Å²) < 4.78 is 31.0. The molecule has 1 aliphatic rings. The fourth-order valence-electron chi connectivity index (χ4n) is 2.68. The lowest BCUT2D eigenvalue weighted by atomic mass is 10.1. The third-order valence-electron chi connectivity index (χ3n) is 4.10. The number of rotatable bonds is 6. The number of ether oxygens (including phenoxy) is 1. The molecule has 25 heavy (non-hydrogen) atoms. The summed E-state index contributed by atoms with van der Waals surface area (Å²) in [6.45, 7) is 0.369. The van der Waals surface area contributed by atoms with Crippen molar-refractivity contribution in [1.29, 1.82) is 0 Å². The molecule has 2 N–H and O–H groups in total. The van der Waals surface area contributed by atoms with Crippen LogP contribution < -0.4 is 14.8 Å². The summed E-state index contributed by atoms with van der Waals surface area (Å²) in [5.41, 5.74) is 2.63. The molecule has 0 saturated heterocycles. The number of fused-ring (bicyclic) bond motifs is 1. The molecular formula is C18H20N2O4S. The Balaban J connectivity index is 1.53. The number of para-hydroxylation sites is 1. The van der Waals surface area contributed by atoms with Gasteiger partial charge in [-0.15, -0.1) is 0 Å². The summed E-state index contributed by atoms with van der Waals surface area (Å²) in [5.74, 6) is 0.542. The molecule has 0 radical (unpaired) electrons. The lowest BCUT2D eigenvalue weighted by Gasteiger charge is -2.11. The van der Waals surface area contributed by atoms with Crippen LogP contribution in [0.3, 0.4) is 0 Å². The maximum absolute atomic E-state index is 12.3. The molecule has 0 fully saturated rings. The zero-order chi connectivity index (χ0) is 17.9. The van der Waals surface area contributed by atoms with Gasteiger partial charge in [-0.1, -0.05) is 42.5 Å². The van der Waals surface area contributed by atoms with Gasteiger partial charge in [0.1, 0.15) is 5.75 Å². The average molecular weight is 360 g/mol. The van der Waals surface area contributed by atoms with Gasteiger partial charge in [0, 0.05) is 13.0 Å². The number of sulfonamides is 1. The van der Waals surface area contributed by atoms with E-state index in [-0.39, 0.29) is 11.7 Å². The van der Waals surface area contributed by atoms with Crippen molar-refractivity contribution in [3.63, 3.8) is 0 Å². The van der Waals surface area contributed by atoms with Gasteiger partial charge in [0.2, 0.25) is 10.0 Å². The van der Waals surface area contributed by atoms with Crippen LogP contribution in [0.1, 0.15) is 16.7 Å². The summed E-state index contributed by atoms with van der Waals surface area (Å²) in [6, 6.07) is 14.8. The van der Waals surface area contributed by atoms with Gasteiger partial charge in [0.05, 0.1) is 5.75 Å². The van der Waals surface area contributed by atoms with Gasteiger partial charge in [-0.3, -0.25) is 4.79 Å². The topological polar surface area (TPSA) is 84.5 Å². The van der Waals surface area contributed by atoms with Crippen molar-refractivity contribution in [2.45, 2.75) is 24.8 Å². The van der Waals surface area contributed by atoms with Gasteiger partial charge in [-0.05, 0) is 29.8 Å². The second kappa shape index (κ2) is 7.25. The second-order valence-electron chi connectivity index (χ2n) is 5.92. The number of hydrogen-bond acceptors (Lipinski definition) is 4. The summed E-state index contributed by atoms with van der Waals surface area (Å²) >= 11 is 0. The molecule has 1 aliphatic heterocycles. The molecule has 0 saturated carbocycles. The Labute approximate surface area is 147 Å². The maximum atomic E-state index is 12.3. The Morgan fingerprint density at radius 1 is 1.12 bits per heavy atom. The molecule has 1 unspecified atom stereocenters. The monoisotopic (exact) mass is 360 g/mol. The fourth-order valence-corrected chi connectivity index (χ4v) is 3.45. The molecule has 7 heteroatoms. The van der Waals surface area contributed by atoms with Crippen LogP contribution in [-0.4, -0.2) is 27.5 Å². The van der Waals surface area contributed by atoms with Crippen LogP contribution in [0.4, 0.5) is 0 Å². The minimum absolute atomic E-state index is 0.0652. The number of hydrogen-bond donors (Lipinski definition) is 2. The first-order valence-electron chi connectivity index (χ1n) is 7.98. The minimum atomic E-state index is -3.28. The molecule has 2 aromatic carbocycles. The van der Waals surface area contributed by atoms with Gasteiger partial charge < -0.3 is 10.1 Å². The van der Waals surface area contributed by atoms with E-state index >= 15 is 0 Å². The predicted octanol–water partition coefficient (Wildman–Crippen LogP) is 1.36. The Kier molecular flexibility index (Phi) is 5.06. The van der Waals surface area contributed by atoms with Gasteiger partial charge in [0.25, 0.3) is 5.91 Å². The number of carbonyl (C=O) groups excluding carboxylic acids is 1. The van der Waals surface area contributed by atoms with Crippen LogP contribution in [0.15, 0.2) is 48.5 Å². The van der Waals surface area contributed by atoms with Crippen LogP contribution in [0, 0.1) is 0 Å².